The number of aliphatic imine (C=N–C) groups is 1. The second-order valence-electron chi connectivity index (χ2n) is 7.20. The number of hydrogen-bond acceptors (Lipinski definition) is 5. The molecular weight excluding hydrogens is 370 g/mol. The first-order valence-corrected chi connectivity index (χ1v) is 9.30. The number of nitrogens with one attached hydrogen (secondary N) is 1. The number of amides is 2. The van der Waals surface area contributed by atoms with Gasteiger partial charge in [-0.1, -0.05) is 12.1 Å². The summed E-state index contributed by atoms with van der Waals surface area (Å²) in [6.45, 7) is 3.94. The van der Waals surface area contributed by atoms with Gasteiger partial charge < -0.3 is 19.7 Å². The molecule has 0 saturated heterocycles. The van der Waals surface area contributed by atoms with Crippen LogP contribution >= 0.6 is 0 Å². The third kappa shape index (κ3) is 4.56. The first-order valence-electron chi connectivity index (χ1n) is 9.30. The number of methoxy groups -OCH3 is 2. The molecule has 0 aliphatic carbocycles. The van der Waals surface area contributed by atoms with Crippen LogP contribution < -0.4 is 14.8 Å². The first kappa shape index (κ1) is 20.4. The summed E-state index contributed by atoms with van der Waals surface area (Å²) in [6.07, 6.45) is 0. The van der Waals surface area contributed by atoms with E-state index in [9.17, 15) is 9.59 Å². The molecule has 0 unspecified atom stereocenters. The van der Waals surface area contributed by atoms with Gasteiger partial charge in [-0.15, -0.1) is 0 Å². The number of nitrogens with zero attached hydrogens (tertiary/aromatic N) is 2. The van der Waals surface area contributed by atoms with Gasteiger partial charge in [0.05, 0.1) is 14.2 Å². The lowest BCUT2D eigenvalue weighted by Gasteiger charge is -2.28. The summed E-state index contributed by atoms with van der Waals surface area (Å²) in [5, 5.41) is 2.85. The van der Waals surface area contributed by atoms with E-state index < -0.39 is 5.66 Å². The number of hydrogen-bond donors (Lipinski definition) is 1. The summed E-state index contributed by atoms with van der Waals surface area (Å²) in [6, 6.07) is 14.6. The number of rotatable bonds is 7. The monoisotopic (exact) mass is 395 g/mol. The average molecular weight is 395 g/mol. The smallest absolute Gasteiger partial charge is 0.275 e. The van der Waals surface area contributed by atoms with Crippen LogP contribution in [0.2, 0.25) is 0 Å². The van der Waals surface area contributed by atoms with E-state index in [0.29, 0.717) is 23.6 Å². The lowest BCUT2D eigenvalue weighted by atomic mass is 10.1. The Labute approximate surface area is 170 Å². The van der Waals surface area contributed by atoms with Gasteiger partial charge in [-0.2, -0.15) is 0 Å². The number of ether oxygens (including phenoxy) is 2. The fraction of sp³-hybridized carbons (Fsp3) is 0.318. The van der Waals surface area contributed by atoms with Crippen molar-refractivity contribution in [2.45, 2.75) is 26.1 Å². The Morgan fingerprint density at radius 2 is 1.55 bits per heavy atom. The molecule has 2 aromatic rings. The molecule has 152 valence electrons. The SMILES string of the molecule is COc1ccc(CNC(=O)CN2C(=O)C(c3ccc(OC)cc3)=NC2(C)C)cc1. The molecule has 3 rings (SSSR count). The third-order valence-electron chi connectivity index (χ3n) is 4.81. The van der Waals surface area contributed by atoms with Gasteiger partial charge in [0.1, 0.15) is 29.4 Å². The van der Waals surface area contributed by atoms with E-state index in [1.807, 2.05) is 38.1 Å². The highest BCUT2D eigenvalue weighted by molar-refractivity contribution is 6.47. The fourth-order valence-corrected chi connectivity index (χ4v) is 3.10. The Kier molecular flexibility index (Phi) is 5.87. The van der Waals surface area contributed by atoms with E-state index >= 15 is 0 Å². The van der Waals surface area contributed by atoms with Crippen LogP contribution in [0.15, 0.2) is 53.5 Å². The molecule has 0 saturated carbocycles. The van der Waals surface area contributed by atoms with E-state index in [2.05, 4.69) is 10.3 Å². The van der Waals surface area contributed by atoms with Gasteiger partial charge in [0.15, 0.2) is 0 Å². The minimum Gasteiger partial charge on any atom is -0.497 e. The maximum Gasteiger partial charge on any atom is 0.275 e. The van der Waals surface area contributed by atoms with Crippen molar-refractivity contribution in [2.24, 2.45) is 4.99 Å². The molecule has 0 spiro atoms. The minimum atomic E-state index is -0.802. The zero-order chi connectivity index (χ0) is 21.0. The van der Waals surface area contributed by atoms with Gasteiger partial charge in [-0.25, -0.2) is 0 Å². The van der Waals surface area contributed by atoms with E-state index in [0.717, 1.165) is 11.3 Å². The Morgan fingerprint density at radius 3 is 2.10 bits per heavy atom. The summed E-state index contributed by atoms with van der Waals surface area (Å²) < 4.78 is 10.3. The molecule has 0 fully saturated rings. The van der Waals surface area contributed by atoms with E-state index in [1.165, 1.54) is 4.90 Å². The quantitative estimate of drug-likeness (QED) is 0.781. The Balaban J connectivity index is 1.64. The second-order valence-corrected chi connectivity index (χ2v) is 7.20. The maximum absolute atomic E-state index is 12.9. The van der Waals surface area contributed by atoms with Crippen molar-refractivity contribution in [3.05, 3.63) is 59.7 Å². The van der Waals surface area contributed by atoms with Gasteiger partial charge in [0.2, 0.25) is 5.91 Å². The highest BCUT2D eigenvalue weighted by atomic mass is 16.5. The topological polar surface area (TPSA) is 80.2 Å². The van der Waals surface area contributed by atoms with Gasteiger partial charge in [-0.3, -0.25) is 14.6 Å². The molecule has 1 aliphatic rings. The molecule has 1 aliphatic heterocycles. The first-order chi connectivity index (χ1) is 13.8. The molecule has 1 heterocycles. The van der Waals surface area contributed by atoms with Crippen LogP contribution in [0.1, 0.15) is 25.0 Å². The van der Waals surface area contributed by atoms with Crippen LogP contribution in [-0.2, 0) is 16.1 Å². The molecule has 0 aromatic heterocycles. The van der Waals surface area contributed by atoms with Crippen LogP contribution in [-0.4, -0.2) is 48.9 Å². The zero-order valence-electron chi connectivity index (χ0n) is 17.1. The molecule has 2 aromatic carbocycles. The van der Waals surface area contributed by atoms with Crippen LogP contribution in [0.25, 0.3) is 0 Å². The Bertz CT molecular complexity index is 918. The van der Waals surface area contributed by atoms with Crippen LogP contribution in [0, 0.1) is 0 Å². The van der Waals surface area contributed by atoms with Gasteiger partial charge in [0, 0.05) is 12.1 Å². The lowest BCUT2D eigenvalue weighted by Crippen LogP contribution is -2.48. The normalized spacial score (nSPS) is 15.1. The van der Waals surface area contributed by atoms with Crippen molar-refractivity contribution in [3.63, 3.8) is 0 Å². The maximum atomic E-state index is 12.9. The second kappa shape index (κ2) is 8.34. The van der Waals surface area contributed by atoms with Crippen molar-refractivity contribution < 1.29 is 19.1 Å². The van der Waals surface area contributed by atoms with Crippen molar-refractivity contribution >= 4 is 17.5 Å². The average Bonchev–Trinajstić information content (AvgIpc) is 2.96. The summed E-state index contributed by atoms with van der Waals surface area (Å²) in [5.41, 5.74) is 1.19. The molecule has 0 atom stereocenters. The third-order valence-corrected chi connectivity index (χ3v) is 4.81. The summed E-state index contributed by atoms with van der Waals surface area (Å²) in [4.78, 5) is 31.4. The standard InChI is InChI=1S/C22H25N3O4/c1-22(2)24-20(16-7-11-18(29-4)12-8-16)21(27)25(22)14-19(26)23-13-15-5-9-17(28-3)10-6-15/h5-12H,13-14H2,1-4H3,(H,23,26). The lowest BCUT2D eigenvalue weighted by molar-refractivity contribution is -0.134. The van der Waals surface area contributed by atoms with E-state index in [-0.39, 0.29) is 18.4 Å². The molecule has 0 bridgehead atoms. The molecule has 29 heavy (non-hydrogen) atoms. The van der Waals surface area contributed by atoms with Crippen LogP contribution in [0.5, 0.6) is 11.5 Å². The van der Waals surface area contributed by atoms with Crippen molar-refractivity contribution in [3.8, 4) is 11.5 Å². The van der Waals surface area contributed by atoms with E-state index in [1.54, 1.807) is 38.5 Å². The number of carbonyl (C=O) groups is 2. The van der Waals surface area contributed by atoms with Crippen LogP contribution in [0.3, 0.4) is 0 Å². The van der Waals surface area contributed by atoms with Crippen molar-refractivity contribution in [1.29, 1.82) is 0 Å². The molecular formula is C22H25N3O4. The minimum absolute atomic E-state index is 0.0643. The van der Waals surface area contributed by atoms with Crippen molar-refractivity contribution in [2.75, 3.05) is 20.8 Å². The molecule has 1 N–H and O–H groups in total. The molecule has 7 nitrogen and oxygen atoms in total. The largest absolute Gasteiger partial charge is 0.497 e. The zero-order valence-corrected chi connectivity index (χ0v) is 17.1. The summed E-state index contributed by atoms with van der Waals surface area (Å²) in [7, 11) is 3.19. The van der Waals surface area contributed by atoms with Gasteiger partial charge >= 0.3 is 0 Å². The number of benzene rings is 2. The van der Waals surface area contributed by atoms with Crippen molar-refractivity contribution in [1.82, 2.24) is 10.2 Å². The Morgan fingerprint density at radius 1 is 1.00 bits per heavy atom. The Hall–Kier alpha value is -3.35. The predicted octanol–water partition coefficient (Wildman–Crippen LogP) is 2.39. The van der Waals surface area contributed by atoms with Crippen LogP contribution in [0.4, 0.5) is 0 Å². The highest BCUT2D eigenvalue weighted by Gasteiger charge is 2.41. The molecule has 7 heteroatoms. The molecule has 0 radical (unpaired) electrons. The number of carbonyl (C=O) groups excluding carboxylic acids is 2. The van der Waals surface area contributed by atoms with E-state index in [4.69, 9.17) is 9.47 Å². The highest BCUT2D eigenvalue weighted by Crippen LogP contribution is 2.26. The fourth-order valence-electron chi connectivity index (χ4n) is 3.10. The predicted molar refractivity (Wildman–Crippen MR) is 110 cm³/mol. The van der Waals surface area contributed by atoms with Gasteiger partial charge in [-0.05, 0) is 55.8 Å². The summed E-state index contributed by atoms with van der Waals surface area (Å²) in [5.74, 6) is 0.953. The molecule has 2 amide bonds. The summed E-state index contributed by atoms with van der Waals surface area (Å²) >= 11 is 0. The van der Waals surface area contributed by atoms with Gasteiger partial charge in [0.25, 0.3) is 5.91 Å².